The highest BCUT2D eigenvalue weighted by atomic mass is 32.2. The molecule has 0 amide bonds. The number of carbonyl (C=O) groups is 1. The summed E-state index contributed by atoms with van der Waals surface area (Å²) in [5.74, 6) is -0.351. The molecule has 0 saturated heterocycles. The fraction of sp³-hybridized carbons (Fsp3) is 0.231. The summed E-state index contributed by atoms with van der Waals surface area (Å²) in [5, 5.41) is 0. The summed E-state index contributed by atoms with van der Waals surface area (Å²) in [6.45, 7) is 4.08. The van der Waals surface area contributed by atoms with Crippen molar-refractivity contribution >= 4 is 17.7 Å². The van der Waals surface area contributed by atoms with Gasteiger partial charge in [-0.15, -0.1) is 5.73 Å². The highest BCUT2D eigenvalue weighted by Crippen LogP contribution is 2.24. The van der Waals surface area contributed by atoms with E-state index in [4.69, 9.17) is 4.74 Å². The molecule has 0 unspecified atom stereocenters. The van der Waals surface area contributed by atoms with E-state index in [0.29, 0.717) is 6.61 Å². The number of rotatable bonds is 4. The summed E-state index contributed by atoms with van der Waals surface area (Å²) in [4.78, 5) is 13.1. The van der Waals surface area contributed by atoms with Crippen molar-refractivity contribution in [1.82, 2.24) is 0 Å². The van der Waals surface area contributed by atoms with Crippen molar-refractivity contribution in [3.63, 3.8) is 0 Å². The predicted octanol–water partition coefficient (Wildman–Crippen LogP) is 3.40. The maximum Gasteiger partial charge on any atom is 0.338 e. The third-order valence-corrected chi connectivity index (χ3v) is 2.63. The molecule has 0 aromatic heterocycles. The highest BCUT2D eigenvalue weighted by Gasteiger charge is 1.95. The first-order valence-electron chi connectivity index (χ1n) is 5.05. The van der Waals surface area contributed by atoms with E-state index in [1.165, 1.54) is 6.08 Å². The number of hydrogen-bond acceptors (Lipinski definition) is 3. The summed E-state index contributed by atoms with van der Waals surface area (Å²) >= 11 is 1.57. The maximum atomic E-state index is 11.0. The van der Waals surface area contributed by atoms with E-state index in [1.54, 1.807) is 18.7 Å². The first kappa shape index (κ1) is 12.6. The largest absolute Gasteiger partial charge is 0.462 e. The van der Waals surface area contributed by atoms with Crippen LogP contribution in [0.4, 0.5) is 0 Å². The Balaban J connectivity index is 2.61. The topological polar surface area (TPSA) is 26.3 Å². The Morgan fingerprint density at radius 1 is 1.44 bits per heavy atom. The van der Waals surface area contributed by atoms with E-state index < -0.39 is 0 Å². The molecular weight excluding hydrogens is 220 g/mol. The highest BCUT2D eigenvalue weighted by molar-refractivity contribution is 8.03. The van der Waals surface area contributed by atoms with Gasteiger partial charge in [-0.1, -0.05) is 30.0 Å². The van der Waals surface area contributed by atoms with Crippen molar-refractivity contribution in [2.24, 2.45) is 0 Å². The second-order valence-corrected chi connectivity index (χ2v) is 4.30. The van der Waals surface area contributed by atoms with Crippen molar-refractivity contribution in [3.8, 4) is 0 Å². The van der Waals surface area contributed by atoms with Gasteiger partial charge in [-0.05, 0) is 26.0 Å². The average molecular weight is 234 g/mol. The van der Waals surface area contributed by atoms with Gasteiger partial charge in [-0.3, -0.25) is 0 Å². The molecule has 0 atom stereocenters. The Morgan fingerprint density at radius 3 is 2.75 bits per heavy atom. The Labute approximate surface area is 100 Å². The van der Waals surface area contributed by atoms with Gasteiger partial charge in [0.15, 0.2) is 0 Å². The van der Waals surface area contributed by atoms with Crippen LogP contribution in [0.1, 0.15) is 13.8 Å². The van der Waals surface area contributed by atoms with E-state index in [0.717, 1.165) is 9.80 Å². The molecule has 2 nitrogen and oxygen atoms in total. The molecule has 0 N–H and O–H groups in total. The summed E-state index contributed by atoms with van der Waals surface area (Å²) in [7, 11) is 0. The molecule has 0 radical (unpaired) electrons. The second-order valence-electron chi connectivity index (χ2n) is 3.01. The van der Waals surface area contributed by atoms with Gasteiger partial charge < -0.3 is 4.74 Å². The van der Waals surface area contributed by atoms with Crippen LogP contribution in [0.5, 0.6) is 0 Å². The molecule has 0 saturated carbocycles. The number of ether oxygens (including phenoxy) is 1. The summed E-state index contributed by atoms with van der Waals surface area (Å²) in [6, 6.07) is 9.95. The zero-order valence-electron chi connectivity index (χ0n) is 9.40. The lowest BCUT2D eigenvalue weighted by molar-refractivity contribution is -0.137. The van der Waals surface area contributed by atoms with Crippen LogP contribution in [0, 0.1) is 0 Å². The van der Waals surface area contributed by atoms with Gasteiger partial charge in [-0.25, -0.2) is 4.79 Å². The molecule has 0 aliphatic carbocycles. The van der Waals surface area contributed by atoms with Gasteiger partial charge in [0.1, 0.15) is 0 Å². The monoisotopic (exact) mass is 234 g/mol. The SMILES string of the molecule is CCOC(=O)C=C=C(C)Sc1ccccc1. The average Bonchev–Trinajstić information content (AvgIpc) is 2.28. The minimum absolute atomic E-state index is 0.351. The quantitative estimate of drug-likeness (QED) is 0.346. The van der Waals surface area contributed by atoms with Crippen LogP contribution in [0.2, 0.25) is 0 Å². The van der Waals surface area contributed by atoms with Crippen LogP contribution in [-0.2, 0) is 9.53 Å². The second kappa shape index (κ2) is 6.94. The number of benzene rings is 1. The molecule has 0 spiro atoms. The maximum absolute atomic E-state index is 11.0. The lowest BCUT2D eigenvalue weighted by atomic mass is 10.4. The fourth-order valence-electron chi connectivity index (χ4n) is 1.04. The van der Waals surface area contributed by atoms with Gasteiger partial charge in [-0.2, -0.15) is 0 Å². The van der Waals surface area contributed by atoms with Gasteiger partial charge in [0, 0.05) is 9.80 Å². The summed E-state index contributed by atoms with van der Waals surface area (Å²) in [5.41, 5.74) is 2.90. The number of hydrogen-bond donors (Lipinski definition) is 0. The molecule has 84 valence electrons. The van der Waals surface area contributed by atoms with Crippen LogP contribution in [-0.4, -0.2) is 12.6 Å². The Kier molecular flexibility index (Phi) is 5.48. The predicted molar refractivity (Wildman–Crippen MR) is 66.2 cm³/mol. The normalized spacial score (nSPS) is 9.12. The molecule has 1 aromatic rings. The summed E-state index contributed by atoms with van der Waals surface area (Å²) in [6.07, 6.45) is 1.33. The molecule has 1 rings (SSSR count). The molecule has 0 aliphatic heterocycles. The minimum atomic E-state index is -0.351. The third kappa shape index (κ3) is 4.87. The molecule has 3 heteroatoms. The third-order valence-electron chi connectivity index (χ3n) is 1.69. The summed E-state index contributed by atoms with van der Waals surface area (Å²) < 4.78 is 4.76. The smallest absolute Gasteiger partial charge is 0.338 e. The minimum Gasteiger partial charge on any atom is -0.462 e. The molecule has 0 bridgehead atoms. The Bertz CT molecular complexity index is 403. The van der Waals surface area contributed by atoms with Crippen molar-refractivity contribution < 1.29 is 9.53 Å². The molecule has 0 aliphatic rings. The van der Waals surface area contributed by atoms with E-state index in [9.17, 15) is 4.79 Å². The van der Waals surface area contributed by atoms with E-state index in [-0.39, 0.29) is 5.97 Å². The van der Waals surface area contributed by atoms with E-state index in [2.05, 4.69) is 5.73 Å². The number of esters is 1. The van der Waals surface area contributed by atoms with Gasteiger partial charge in [0.05, 0.1) is 12.7 Å². The lowest BCUT2D eigenvalue weighted by Crippen LogP contribution is -1.97. The molecule has 16 heavy (non-hydrogen) atoms. The van der Waals surface area contributed by atoms with E-state index >= 15 is 0 Å². The van der Waals surface area contributed by atoms with Crippen LogP contribution in [0.3, 0.4) is 0 Å². The van der Waals surface area contributed by atoms with Gasteiger partial charge >= 0.3 is 5.97 Å². The zero-order valence-corrected chi connectivity index (χ0v) is 10.2. The van der Waals surface area contributed by atoms with Crippen LogP contribution in [0.25, 0.3) is 0 Å². The van der Waals surface area contributed by atoms with Crippen molar-refractivity contribution in [2.75, 3.05) is 6.61 Å². The van der Waals surface area contributed by atoms with Crippen molar-refractivity contribution in [1.29, 1.82) is 0 Å². The zero-order chi connectivity index (χ0) is 11.8. The van der Waals surface area contributed by atoms with E-state index in [1.807, 2.05) is 37.3 Å². The van der Waals surface area contributed by atoms with Crippen molar-refractivity contribution in [3.05, 3.63) is 47.0 Å². The first-order chi connectivity index (χ1) is 7.72. The van der Waals surface area contributed by atoms with Crippen LogP contribution < -0.4 is 0 Å². The standard InChI is InChI=1S/C13H14O2S/c1-3-15-13(14)10-9-11(2)16-12-7-5-4-6-8-12/h4-8,10H,3H2,1-2H3. The Hall–Kier alpha value is -1.44. The lowest BCUT2D eigenvalue weighted by Gasteiger charge is -1.97. The fourth-order valence-corrected chi connectivity index (χ4v) is 1.80. The van der Waals surface area contributed by atoms with Crippen LogP contribution in [0.15, 0.2) is 51.9 Å². The van der Waals surface area contributed by atoms with Gasteiger partial charge in [0.25, 0.3) is 0 Å². The van der Waals surface area contributed by atoms with Crippen LogP contribution >= 0.6 is 11.8 Å². The number of thioether (sulfide) groups is 1. The number of carbonyl (C=O) groups excluding carboxylic acids is 1. The Morgan fingerprint density at radius 2 is 2.12 bits per heavy atom. The molecular formula is C13H14O2S. The van der Waals surface area contributed by atoms with Crippen molar-refractivity contribution in [2.45, 2.75) is 18.7 Å². The van der Waals surface area contributed by atoms with Gasteiger partial charge in [0.2, 0.25) is 0 Å². The molecule has 0 heterocycles. The first-order valence-corrected chi connectivity index (χ1v) is 5.87. The molecule has 1 aromatic carbocycles. The molecule has 0 fully saturated rings.